The van der Waals surface area contributed by atoms with Crippen LogP contribution in [0.15, 0.2) is 46.9 Å². The molecule has 25 heavy (non-hydrogen) atoms. The molecule has 2 aromatic rings. The maximum absolute atomic E-state index is 12.9. The first-order valence-electron chi connectivity index (χ1n) is 7.19. The molecule has 0 heterocycles. The molecule has 0 atom stereocenters. The molecule has 0 bridgehead atoms. The zero-order valence-corrected chi connectivity index (χ0v) is 14.7. The van der Waals surface area contributed by atoms with Crippen LogP contribution in [0.2, 0.25) is 0 Å². The Morgan fingerprint density at radius 2 is 1.80 bits per heavy atom. The SMILES string of the molecule is Cc1cc(NC(=O)CNC(=O)c2ccccc2C(F)(F)F)ccc1Br. The fraction of sp³-hybridized carbons (Fsp3) is 0.176. The number of halogens is 4. The van der Waals surface area contributed by atoms with Crippen molar-refractivity contribution >= 4 is 33.4 Å². The molecule has 2 amide bonds. The Kier molecular flexibility index (Phi) is 5.84. The Labute approximate surface area is 150 Å². The first-order chi connectivity index (χ1) is 11.7. The van der Waals surface area contributed by atoms with Crippen molar-refractivity contribution in [3.05, 3.63) is 63.6 Å². The third kappa shape index (κ3) is 5.06. The van der Waals surface area contributed by atoms with Crippen LogP contribution in [0, 0.1) is 6.92 Å². The van der Waals surface area contributed by atoms with Gasteiger partial charge >= 0.3 is 6.18 Å². The number of aryl methyl sites for hydroxylation is 1. The molecule has 2 N–H and O–H groups in total. The number of hydrogen-bond donors (Lipinski definition) is 2. The van der Waals surface area contributed by atoms with Gasteiger partial charge in [-0.3, -0.25) is 9.59 Å². The summed E-state index contributed by atoms with van der Waals surface area (Å²) in [6.45, 7) is 1.40. The zero-order chi connectivity index (χ0) is 18.6. The lowest BCUT2D eigenvalue weighted by atomic mass is 10.1. The minimum Gasteiger partial charge on any atom is -0.343 e. The van der Waals surface area contributed by atoms with E-state index >= 15 is 0 Å². The van der Waals surface area contributed by atoms with Crippen molar-refractivity contribution in [2.45, 2.75) is 13.1 Å². The molecule has 0 aliphatic rings. The molecule has 0 aromatic heterocycles. The van der Waals surface area contributed by atoms with E-state index in [1.54, 1.807) is 18.2 Å². The van der Waals surface area contributed by atoms with E-state index in [4.69, 9.17) is 0 Å². The second kappa shape index (κ2) is 7.69. The molecule has 0 aliphatic carbocycles. The van der Waals surface area contributed by atoms with Crippen molar-refractivity contribution in [1.82, 2.24) is 5.32 Å². The van der Waals surface area contributed by atoms with Crippen LogP contribution in [-0.4, -0.2) is 18.4 Å². The van der Waals surface area contributed by atoms with Crippen molar-refractivity contribution in [2.75, 3.05) is 11.9 Å². The van der Waals surface area contributed by atoms with E-state index in [1.165, 1.54) is 12.1 Å². The quantitative estimate of drug-likeness (QED) is 0.789. The summed E-state index contributed by atoms with van der Waals surface area (Å²) < 4.78 is 39.6. The van der Waals surface area contributed by atoms with Crippen molar-refractivity contribution in [2.24, 2.45) is 0 Å². The van der Waals surface area contributed by atoms with Gasteiger partial charge in [0, 0.05) is 10.2 Å². The maximum Gasteiger partial charge on any atom is 0.417 e. The molecule has 0 saturated heterocycles. The van der Waals surface area contributed by atoms with E-state index in [2.05, 4.69) is 26.6 Å². The molecule has 132 valence electrons. The summed E-state index contributed by atoms with van der Waals surface area (Å²) in [5, 5.41) is 4.76. The third-order valence-corrected chi connectivity index (χ3v) is 4.22. The van der Waals surface area contributed by atoms with Crippen LogP contribution >= 0.6 is 15.9 Å². The third-order valence-electron chi connectivity index (χ3n) is 3.33. The van der Waals surface area contributed by atoms with Gasteiger partial charge in [0.05, 0.1) is 17.7 Å². The van der Waals surface area contributed by atoms with E-state index in [9.17, 15) is 22.8 Å². The van der Waals surface area contributed by atoms with Crippen molar-refractivity contribution in [1.29, 1.82) is 0 Å². The summed E-state index contributed by atoms with van der Waals surface area (Å²) in [5.74, 6) is -1.50. The van der Waals surface area contributed by atoms with Gasteiger partial charge in [-0.25, -0.2) is 0 Å². The van der Waals surface area contributed by atoms with Gasteiger partial charge in [0.15, 0.2) is 0 Å². The highest BCUT2D eigenvalue weighted by molar-refractivity contribution is 9.10. The van der Waals surface area contributed by atoms with Crippen molar-refractivity contribution in [3.8, 4) is 0 Å². The number of alkyl halides is 3. The minimum absolute atomic E-state index is 0.444. The van der Waals surface area contributed by atoms with Crippen molar-refractivity contribution in [3.63, 3.8) is 0 Å². The van der Waals surface area contributed by atoms with Crippen LogP contribution in [-0.2, 0) is 11.0 Å². The predicted octanol–water partition coefficient (Wildman–Crippen LogP) is 4.14. The molecule has 0 radical (unpaired) electrons. The smallest absolute Gasteiger partial charge is 0.343 e. The number of benzene rings is 2. The van der Waals surface area contributed by atoms with Crippen LogP contribution in [0.25, 0.3) is 0 Å². The first kappa shape index (κ1) is 19.0. The number of amides is 2. The number of rotatable bonds is 4. The summed E-state index contributed by atoms with van der Waals surface area (Å²) >= 11 is 3.33. The monoisotopic (exact) mass is 414 g/mol. The standard InChI is InChI=1S/C17H14BrF3N2O2/c1-10-8-11(6-7-14(10)18)23-15(24)9-22-16(25)12-4-2-3-5-13(12)17(19,20)21/h2-8H,9H2,1H3,(H,22,25)(H,23,24). The van der Waals surface area contributed by atoms with Gasteiger partial charge in [0.1, 0.15) is 0 Å². The molecule has 0 fully saturated rings. The Morgan fingerprint density at radius 1 is 1.12 bits per heavy atom. The molecule has 2 aromatic carbocycles. The summed E-state index contributed by atoms with van der Waals surface area (Å²) in [7, 11) is 0. The molecular formula is C17H14BrF3N2O2. The summed E-state index contributed by atoms with van der Waals surface area (Å²) in [5.41, 5.74) is -0.143. The number of carbonyl (C=O) groups is 2. The van der Waals surface area contributed by atoms with Crippen LogP contribution in [0.4, 0.5) is 18.9 Å². The van der Waals surface area contributed by atoms with Gasteiger partial charge in [-0.05, 0) is 42.8 Å². The van der Waals surface area contributed by atoms with Crippen molar-refractivity contribution < 1.29 is 22.8 Å². The van der Waals surface area contributed by atoms with Crippen LogP contribution in [0.3, 0.4) is 0 Å². The van der Waals surface area contributed by atoms with Crippen LogP contribution < -0.4 is 10.6 Å². The fourth-order valence-electron chi connectivity index (χ4n) is 2.11. The van der Waals surface area contributed by atoms with E-state index < -0.39 is 35.7 Å². The molecule has 0 aliphatic heterocycles. The van der Waals surface area contributed by atoms with Gasteiger partial charge in [-0.15, -0.1) is 0 Å². The lowest BCUT2D eigenvalue weighted by Crippen LogP contribution is -2.34. The first-order valence-corrected chi connectivity index (χ1v) is 7.98. The number of nitrogens with one attached hydrogen (secondary N) is 2. The van der Waals surface area contributed by atoms with Gasteiger partial charge in [-0.1, -0.05) is 28.1 Å². The second-order valence-corrected chi connectivity index (χ2v) is 6.09. The van der Waals surface area contributed by atoms with Gasteiger partial charge in [-0.2, -0.15) is 13.2 Å². The fourth-order valence-corrected chi connectivity index (χ4v) is 2.36. The Bertz CT molecular complexity index is 807. The Balaban J connectivity index is 2.00. The van der Waals surface area contributed by atoms with E-state index in [0.29, 0.717) is 5.69 Å². The normalized spacial score (nSPS) is 11.1. The highest BCUT2D eigenvalue weighted by Gasteiger charge is 2.34. The Morgan fingerprint density at radius 3 is 2.44 bits per heavy atom. The average Bonchev–Trinajstić information content (AvgIpc) is 2.55. The predicted molar refractivity (Wildman–Crippen MR) is 91.3 cm³/mol. The number of carbonyl (C=O) groups excluding carboxylic acids is 2. The highest BCUT2D eigenvalue weighted by atomic mass is 79.9. The van der Waals surface area contributed by atoms with Gasteiger partial charge in [0.2, 0.25) is 5.91 Å². The molecule has 0 unspecified atom stereocenters. The lowest BCUT2D eigenvalue weighted by molar-refractivity contribution is -0.137. The Hall–Kier alpha value is -2.35. The number of hydrogen-bond acceptors (Lipinski definition) is 2. The lowest BCUT2D eigenvalue weighted by Gasteiger charge is -2.13. The molecule has 4 nitrogen and oxygen atoms in total. The minimum atomic E-state index is -4.65. The van der Waals surface area contributed by atoms with Crippen LogP contribution in [0.5, 0.6) is 0 Å². The summed E-state index contributed by atoms with van der Waals surface area (Å²) in [6, 6.07) is 9.55. The molecule has 0 saturated carbocycles. The van der Waals surface area contributed by atoms with Gasteiger partial charge < -0.3 is 10.6 Å². The van der Waals surface area contributed by atoms with E-state index in [-0.39, 0.29) is 0 Å². The molecule has 2 rings (SSSR count). The summed E-state index contributed by atoms with van der Waals surface area (Å²) in [6.07, 6.45) is -4.65. The number of anilines is 1. The topological polar surface area (TPSA) is 58.2 Å². The zero-order valence-electron chi connectivity index (χ0n) is 13.1. The highest BCUT2D eigenvalue weighted by Crippen LogP contribution is 2.31. The molecule has 8 heteroatoms. The van der Waals surface area contributed by atoms with Crippen LogP contribution in [0.1, 0.15) is 21.5 Å². The van der Waals surface area contributed by atoms with E-state index in [1.807, 2.05) is 6.92 Å². The maximum atomic E-state index is 12.9. The van der Waals surface area contributed by atoms with Gasteiger partial charge in [0.25, 0.3) is 5.91 Å². The summed E-state index contributed by atoms with van der Waals surface area (Å²) in [4.78, 5) is 23.8. The van der Waals surface area contributed by atoms with E-state index in [0.717, 1.165) is 22.2 Å². The largest absolute Gasteiger partial charge is 0.417 e. The second-order valence-electron chi connectivity index (χ2n) is 5.24. The molecular weight excluding hydrogens is 401 g/mol. The molecule has 0 spiro atoms. The average molecular weight is 415 g/mol.